The van der Waals surface area contributed by atoms with Gasteiger partial charge in [0.15, 0.2) is 23.3 Å². The summed E-state index contributed by atoms with van der Waals surface area (Å²) in [6.07, 6.45) is 0. The van der Waals surface area contributed by atoms with Crippen LogP contribution >= 0.6 is 11.8 Å². The molecule has 0 amide bonds. The number of H-pyrrole nitrogens is 2. The van der Waals surface area contributed by atoms with Crippen LogP contribution in [0.15, 0.2) is 289 Å². The third kappa shape index (κ3) is 8.48. The number of hydrogen-bond acceptors (Lipinski definition) is 7. The van der Waals surface area contributed by atoms with Crippen LogP contribution in [0.5, 0.6) is 0 Å². The standard InChI is InChI=1S/C90H48N8S.Cu/c1-2-12-48-26-53-31-58-36-63-39-64-41-67-44-77-51(29-56(67)34-61(64)38-62(63)35-57(58)30-52(53)25-47(48)11-1)24-23-50-28-55-33-60-37-59-32-54-27-49-13-9-21-80(79(49)46-69(54)43-66(59)40-65(60)42-68(55)45-78(50)77)99-81-22-10-20-76-82(81)90-97-88-75-19-8-7-18-74(75)86(95-88)93-84-71-15-4-3-14-70(71)83(91-84)92-85-72-16-5-6-17-73(72)87(94-85)96-89(76)98-90;/h1-46H,(H2,91,92,93,94,95,96,97,98);/q;+1. The van der Waals surface area contributed by atoms with E-state index in [4.69, 9.17) is 29.9 Å². The number of nitrogens with zero attached hydrogens (tertiary/aromatic N) is 6. The first-order valence-electron chi connectivity index (χ1n) is 33.5. The molecular formula is C90H48CuN8S+. The molecule has 21 aromatic rings. The normalized spacial score (nSPS) is 12.4. The Balaban J connectivity index is 0.00000637. The SMILES string of the molecule is [Cu+].c1ccc2c(c1)-c1nc-2nc2[nH]c(nc3nc(nc4[nH]c(n1)c1ccccc41)-c1ccccc1-3)c1c(Sc3cccc4cc5cc6cc7cc8cc9ccc%10cc%11cc%12cc%13cc%14cc%15cc%16ccccc%16cc%15cc%14cc%13cc%12cc%11cc%10c9cc8cc7cc6cc5cc34)cccc21. The van der Waals surface area contributed by atoms with Crippen LogP contribution in [0.2, 0.25) is 0 Å². The van der Waals surface area contributed by atoms with Gasteiger partial charge in [0.05, 0.1) is 0 Å². The van der Waals surface area contributed by atoms with E-state index in [2.05, 4.69) is 253 Å². The quantitative estimate of drug-likeness (QED) is 0.101. The van der Waals surface area contributed by atoms with Gasteiger partial charge in [0.1, 0.15) is 22.6 Å². The van der Waals surface area contributed by atoms with Gasteiger partial charge >= 0.3 is 17.1 Å². The van der Waals surface area contributed by atoms with Crippen molar-refractivity contribution in [3.63, 3.8) is 0 Å². The van der Waals surface area contributed by atoms with Gasteiger partial charge in [-0.25, -0.2) is 29.9 Å². The summed E-state index contributed by atoms with van der Waals surface area (Å²) in [4.78, 5) is 41.0. The summed E-state index contributed by atoms with van der Waals surface area (Å²) in [5.74, 6) is 2.27. The van der Waals surface area contributed by atoms with Crippen molar-refractivity contribution in [1.29, 1.82) is 0 Å². The van der Waals surface area contributed by atoms with E-state index in [1.807, 2.05) is 36.4 Å². The molecule has 100 heavy (non-hydrogen) atoms. The van der Waals surface area contributed by atoms with Crippen molar-refractivity contribution in [3.8, 4) is 45.6 Å². The van der Waals surface area contributed by atoms with Crippen molar-refractivity contribution in [2.75, 3.05) is 0 Å². The zero-order valence-electron chi connectivity index (χ0n) is 53.0. The zero-order chi connectivity index (χ0) is 64.3. The van der Waals surface area contributed by atoms with E-state index in [9.17, 15) is 0 Å². The molecule has 0 spiro atoms. The summed E-state index contributed by atoms with van der Waals surface area (Å²) in [7, 11) is 0. The van der Waals surface area contributed by atoms with Gasteiger partial charge in [-0.3, -0.25) is 0 Å². The van der Waals surface area contributed by atoms with Gasteiger partial charge in [-0.1, -0.05) is 145 Å². The summed E-state index contributed by atoms with van der Waals surface area (Å²) < 4.78 is 0. The predicted octanol–water partition coefficient (Wildman–Crippen LogP) is 24.0. The molecule has 464 valence electrons. The van der Waals surface area contributed by atoms with Crippen LogP contribution in [-0.4, -0.2) is 39.9 Å². The fraction of sp³-hybridized carbons (Fsp3) is 0. The van der Waals surface area contributed by atoms with Crippen molar-refractivity contribution >= 4 is 196 Å². The average Bonchev–Trinajstić information content (AvgIpc) is 0.890. The fourth-order valence-corrected chi connectivity index (χ4v) is 17.3. The molecule has 8 nitrogen and oxygen atoms in total. The predicted molar refractivity (Wildman–Crippen MR) is 414 cm³/mol. The minimum Gasteiger partial charge on any atom is -0.324 e. The maximum atomic E-state index is 5.44. The van der Waals surface area contributed by atoms with Crippen LogP contribution in [0.1, 0.15) is 0 Å². The summed E-state index contributed by atoms with van der Waals surface area (Å²) in [5.41, 5.74) is 6.22. The van der Waals surface area contributed by atoms with Crippen LogP contribution in [-0.2, 0) is 17.1 Å². The molecule has 0 unspecified atom stereocenters. The minimum atomic E-state index is 0. The van der Waals surface area contributed by atoms with E-state index in [0.717, 1.165) is 53.6 Å². The minimum absolute atomic E-state index is 0. The summed E-state index contributed by atoms with van der Waals surface area (Å²) in [6, 6.07) is 103. The maximum absolute atomic E-state index is 5.44. The molecule has 0 saturated heterocycles. The van der Waals surface area contributed by atoms with Crippen molar-refractivity contribution in [1.82, 2.24) is 39.9 Å². The Bertz CT molecular complexity index is 7540. The second kappa shape index (κ2) is 20.8. The van der Waals surface area contributed by atoms with Crippen molar-refractivity contribution < 1.29 is 17.1 Å². The number of benzene rings is 18. The third-order valence-electron chi connectivity index (χ3n) is 21.0. The van der Waals surface area contributed by atoms with Crippen molar-refractivity contribution in [2.45, 2.75) is 9.79 Å². The maximum Gasteiger partial charge on any atom is 1.00 e. The second-order valence-electron chi connectivity index (χ2n) is 26.9. The van der Waals surface area contributed by atoms with Gasteiger partial charge in [-0.05, 0) is 286 Å². The Kier molecular flexibility index (Phi) is 11.6. The van der Waals surface area contributed by atoms with Crippen LogP contribution in [0, 0.1) is 0 Å². The summed E-state index contributed by atoms with van der Waals surface area (Å²) in [6.45, 7) is 0. The molecule has 3 aromatic heterocycles. The smallest absolute Gasteiger partial charge is 0.324 e. The van der Waals surface area contributed by atoms with Crippen molar-refractivity contribution in [2.24, 2.45) is 0 Å². The summed E-state index contributed by atoms with van der Waals surface area (Å²) in [5, 5.41) is 35.9. The van der Waals surface area contributed by atoms with E-state index in [1.165, 1.54) is 140 Å². The van der Waals surface area contributed by atoms with E-state index in [0.29, 0.717) is 45.9 Å². The molecule has 2 aliphatic rings. The molecule has 8 bridgehead atoms. The molecule has 0 saturated carbocycles. The van der Waals surface area contributed by atoms with E-state index in [1.54, 1.807) is 11.8 Å². The second-order valence-corrected chi connectivity index (χ2v) is 27.9. The Hall–Kier alpha value is -12.4. The van der Waals surface area contributed by atoms with E-state index in [-0.39, 0.29) is 17.1 Å². The Labute approximate surface area is 583 Å². The first-order chi connectivity index (χ1) is 48.9. The van der Waals surface area contributed by atoms with Crippen LogP contribution in [0.25, 0.3) is 230 Å². The van der Waals surface area contributed by atoms with Gasteiger partial charge in [0, 0.05) is 53.6 Å². The molecular weight excluding hydrogens is 1290 g/mol. The third-order valence-corrected chi connectivity index (χ3v) is 22.2. The molecule has 0 fully saturated rings. The molecule has 0 aliphatic carbocycles. The number of hydrogen-bond donors (Lipinski definition) is 2. The number of nitrogens with one attached hydrogen (secondary N) is 2. The number of aromatic nitrogens is 8. The number of rotatable bonds is 2. The van der Waals surface area contributed by atoms with E-state index < -0.39 is 0 Å². The molecule has 2 N–H and O–H groups in total. The molecule has 0 radical (unpaired) electrons. The largest absolute Gasteiger partial charge is 1.00 e. The number of aromatic amines is 2. The van der Waals surface area contributed by atoms with Crippen molar-refractivity contribution in [3.05, 3.63) is 279 Å². The van der Waals surface area contributed by atoms with Gasteiger partial charge in [-0.15, -0.1) is 0 Å². The van der Waals surface area contributed by atoms with Gasteiger partial charge in [0.2, 0.25) is 0 Å². The summed E-state index contributed by atoms with van der Waals surface area (Å²) >= 11 is 1.74. The van der Waals surface area contributed by atoms with E-state index >= 15 is 0 Å². The Morgan fingerprint density at radius 1 is 0.190 bits per heavy atom. The fourth-order valence-electron chi connectivity index (χ4n) is 16.2. The average molecular weight is 1340 g/mol. The molecule has 23 rings (SSSR count). The molecule has 10 heteroatoms. The Morgan fingerprint density at radius 3 is 0.870 bits per heavy atom. The molecule has 5 heterocycles. The van der Waals surface area contributed by atoms with Gasteiger partial charge in [-0.2, -0.15) is 0 Å². The van der Waals surface area contributed by atoms with Gasteiger partial charge in [0.25, 0.3) is 0 Å². The van der Waals surface area contributed by atoms with Crippen LogP contribution in [0.4, 0.5) is 0 Å². The Morgan fingerprint density at radius 2 is 0.460 bits per heavy atom. The van der Waals surface area contributed by atoms with Gasteiger partial charge < -0.3 is 9.97 Å². The topological polar surface area (TPSA) is 109 Å². The first kappa shape index (κ1) is 55.7. The molecule has 0 atom stereocenters. The number of fused-ring (bicyclic) bond motifs is 34. The zero-order valence-corrected chi connectivity index (χ0v) is 54.7. The first-order valence-corrected chi connectivity index (χ1v) is 34.3. The molecule has 18 aromatic carbocycles. The van der Waals surface area contributed by atoms with Crippen LogP contribution < -0.4 is 0 Å². The molecule has 2 aliphatic heterocycles. The van der Waals surface area contributed by atoms with Crippen LogP contribution in [0.3, 0.4) is 0 Å². The monoisotopic (exact) mass is 1340 g/mol.